The molecule has 0 saturated heterocycles. The van der Waals surface area contributed by atoms with Crippen LogP contribution in [0.3, 0.4) is 0 Å². The number of carbonyl (C=O) groups excluding carboxylic acids is 3. The molecular weight excluding hydrogens is 468 g/mol. The second-order valence-electron chi connectivity index (χ2n) is 10.3. The first-order valence-corrected chi connectivity index (χ1v) is 12.4. The van der Waals surface area contributed by atoms with Crippen molar-refractivity contribution in [3.8, 4) is 0 Å². The molecule has 37 heavy (non-hydrogen) atoms. The maximum absolute atomic E-state index is 13.9. The summed E-state index contributed by atoms with van der Waals surface area (Å²) in [4.78, 5) is 41.2. The molecule has 0 aliphatic heterocycles. The van der Waals surface area contributed by atoms with Crippen LogP contribution < -0.4 is 10.6 Å². The van der Waals surface area contributed by atoms with Gasteiger partial charge in [0.25, 0.3) is 0 Å². The van der Waals surface area contributed by atoms with E-state index in [0.29, 0.717) is 22.6 Å². The van der Waals surface area contributed by atoms with Crippen molar-refractivity contribution in [1.82, 2.24) is 9.78 Å². The Morgan fingerprint density at radius 2 is 1.46 bits per heavy atom. The van der Waals surface area contributed by atoms with Gasteiger partial charge in [-0.3, -0.25) is 19.1 Å². The molecule has 8 nitrogen and oxygen atoms in total. The molecule has 2 amide bonds. The lowest BCUT2D eigenvalue weighted by Gasteiger charge is -2.44. The van der Waals surface area contributed by atoms with Gasteiger partial charge in [-0.1, -0.05) is 36.4 Å². The number of carbonyl (C=O) groups is 3. The SMILES string of the molecule is Cc1ccccc1NC(=O)[C@H]1C(=O)C[C@](C)(O)[C@@H](C(=O)Nc2ccccc2C)[C@H]1c1c(C)nn(C)c1C. The van der Waals surface area contributed by atoms with E-state index in [-0.39, 0.29) is 6.42 Å². The zero-order chi connectivity index (χ0) is 27.1. The van der Waals surface area contributed by atoms with E-state index in [1.165, 1.54) is 6.92 Å². The second-order valence-corrected chi connectivity index (χ2v) is 10.3. The Bertz CT molecular complexity index is 1370. The van der Waals surface area contributed by atoms with Crippen molar-refractivity contribution in [1.29, 1.82) is 0 Å². The number of aliphatic hydroxyl groups is 1. The first-order chi connectivity index (χ1) is 17.4. The molecule has 1 aromatic heterocycles. The highest BCUT2D eigenvalue weighted by Crippen LogP contribution is 2.48. The summed E-state index contributed by atoms with van der Waals surface area (Å²) in [6.45, 7) is 8.88. The number of nitrogens with zero attached hydrogens (tertiary/aromatic N) is 2. The van der Waals surface area contributed by atoms with Crippen LogP contribution in [0.5, 0.6) is 0 Å². The van der Waals surface area contributed by atoms with Crippen molar-refractivity contribution in [3.63, 3.8) is 0 Å². The summed E-state index contributed by atoms with van der Waals surface area (Å²) in [6, 6.07) is 14.7. The van der Waals surface area contributed by atoms with Gasteiger partial charge in [0.2, 0.25) is 11.8 Å². The average molecular weight is 503 g/mol. The van der Waals surface area contributed by atoms with Gasteiger partial charge in [0.15, 0.2) is 0 Å². The number of rotatable bonds is 5. The molecule has 2 aromatic carbocycles. The van der Waals surface area contributed by atoms with Crippen LogP contribution in [0.1, 0.15) is 47.3 Å². The monoisotopic (exact) mass is 502 g/mol. The van der Waals surface area contributed by atoms with Gasteiger partial charge in [-0.15, -0.1) is 0 Å². The quantitative estimate of drug-likeness (QED) is 0.457. The lowest BCUT2D eigenvalue weighted by molar-refractivity contribution is -0.150. The van der Waals surface area contributed by atoms with Crippen LogP contribution in [0, 0.1) is 39.5 Å². The number of aryl methyl sites for hydroxylation is 4. The van der Waals surface area contributed by atoms with Gasteiger partial charge >= 0.3 is 0 Å². The van der Waals surface area contributed by atoms with E-state index in [2.05, 4.69) is 15.7 Å². The van der Waals surface area contributed by atoms with Crippen molar-refractivity contribution in [3.05, 3.63) is 76.6 Å². The fourth-order valence-corrected chi connectivity index (χ4v) is 5.56. The molecule has 1 aliphatic carbocycles. The smallest absolute Gasteiger partial charge is 0.235 e. The Kier molecular flexibility index (Phi) is 7.06. The number of para-hydroxylation sites is 2. The molecule has 8 heteroatoms. The van der Waals surface area contributed by atoms with Crippen LogP contribution in [-0.2, 0) is 21.4 Å². The third-order valence-electron chi connectivity index (χ3n) is 7.54. The van der Waals surface area contributed by atoms with E-state index < -0.39 is 41.0 Å². The van der Waals surface area contributed by atoms with E-state index in [1.807, 2.05) is 51.1 Å². The number of benzene rings is 2. The number of hydrogen-bond acceptors (Lipinski definition) is 5. The van der Waals surface area contributed by atoms with Crippen LogP contribution in [0.15, 0.2) is 48.5 Å². The zero-order valence-corrected chi connectivity index (χ0v) is 22.1. The van der Waals surface area contributed by atoms with Crippen molar-refractivity contribution in [2.24, 2.45) is 18.9 Å². The van der Waals surface area contributed by atoms with Crippen molar-refractivity contribution >= 4 is 29.0 Å². The minimum absolute atomic E-state index is 0.320. The van der Waals surface area contributed by atoms with Gasteiger partial charge in [0.05, 0.1) is 17.2 Å². The largest absolute Gasteiger partial charge is 0.389 e. The summed E-state index contributed by atoms with van der Waals surface area (Å²) in [5.74, 6) is -4.56. The normalized spacial score (nSPS) is 23.5. The number of aromatic nitrogens is 2. The first-order valence-electron chi connectivity index (χ1n) is 12.4. The van der Waals surface area contributed by atoms with Gasteiger partial charge in [-0.05, 0) is 57.9 Å². The number of amides is 2. The summed E-state index contributed by atoms with van der Waals surface area (Å²) in [5, 5.41) is 21.9. The van der Waals surface area contributed by atoms with Gasteiger partial charge in [-0.25, -0.2) is 0 Å². The second kappa shape index (κ2) is 9.94. The number of Topliss-reactive ketones (excluding diaryl/α,β-unsaturated/α-hetero) is 1. The molecular formula is C29H34N4O4. The molecule has 1 aliphatic rings. The number of hydrogen-bond donors (Lipinski definition) is 3. The summed E-state index contributed by atoms with van der Waals surface area (Å²) in [5.41, 5.74) is 3.21. The van der Waals surface area contributed by atoms with Gasteiger partial charge in [0.1, 0.15) is 11.7 Å². The van der Waals surface area contributed by atoms with Crippen molar-refractivity contribution in [2.45, 2.75) is 52.6 Å². The number of ketones is 1. The lowest BCUT2D eigenvalue weighted by Crippen LogP contribution is -2.56. The Labute approximate surface area is 217 Å². The molecule has 4 rings (SSSR count). The highest BCUT2D eigenvalue weighted by Gasteiger charge is 2.57. The Morgan fingerprint density at radius 1 is 0.946 bits per heavy atom. The highest BCUT2D eigenvalue weighted by atomic mass is 16.3. The third-order valence-corrected chi connectivity index (χ3v) is 7.54. The molecule has 3 N–H and O–H groups in total. The lowest BCUT2D eigenvalue weighted by atomic mass is 9.60. The van der Waals surface area contributed by atoms with E-state index in [1.54, 1.807) is 36.9 Å². The van der Waals surface area contributed by atoms with Crippen LogP contribution in [0.4, 0.5) is 11.4 Å². The van der Waals surface area contributed by atoms with Crippen LogP contribution >= 0.6 is 0 Å². The van der Waals surface area contributed by atoms with E-state index in [9.17, 15) is 19.5 Å². The fraction of sp³-hybridized carbons (Fsp3) is 0.379. The predicted octanol–water partition coefficient (Wildman–Crippen LogP) is 3.97. The van der Waals surface area contributed by atoms with Gasteiger partial charge in [0, 0.05) is 42.0 Å². The van der Waals surface area contributed by atoms with E-state index >= 15 is 0 Å². The van der Waals surface area contributed by atoms with Crippen molar-refractivity contribution < 1.29 is 19.5 Å². The minimum Gasteiger partial charge on any atom is -0.389 e. The summed E-state index contributed by atoms with van der Waals surface area (Å²) in [6.07, 6.45) is -0.320. The summed E-state index contributed by atoms with van der Waals surface area (Å²) < 4.78 is 1.67. The molecule has 194 valence electrons. The molecule has 1 fully saturated rings. The molecule has 0 radical (unpaired) electrons. The molecule has 0 bridgehead atoms. The van der Waals surface area contributed by atoms with Gasteiger partial charge < -0.3 is 15.7 Å². The van der Waals surface area contributed by atoms with Crippen LogP contribution in [0.2, 0.25) is 0 Å². The van der Waals surface area contributed by atoms with E-state index in [0.717, 1.165) is 16.8 Å². The summed E-state index contributed by atoms with van der Waals surface area (Å²) >= 11 is 0. The maximum Gasteiger partial charge on any atom is 0.235 e. The highest BCUT2D eigenvalue weighted by molar-refractivity contribution is 6.10. The average Bonchev–Trinajstić information content (AvgIpc) is 3.06. The molecule has 0 spiro atoms. The Balaban J connectivity index is 1.84. The topological polar surface area (TPSA) is 113 Å². The third kappa shape index (κ3) is 4.93. The Morgan fingerprint density at radius 3 is 1.95 bits per heavy atom. The van der Waals surface area contributed by atoms with Crippen LogP contribution in [-0.4, -0.2) is 38.1 Å². The maximum atomic E-state index is 13.9. The molecule has 3 aromatic rings. The number of nitrogens with one attached hydrogen (secondary N) is 2. The standard InChI is InChI=1S/C29H34N4O4/c1-16-11-7-9-13-20(16)30-27(35)24-22(34)15-29(5,37)26(25(24)23-18(3)32-33(6)19(23)4)28(36)31-21-14-10-8-12-17(21)2/h7-14,24-26,37H,15H2,1-6H3,(H,30,35)(H,31,36)/t24-,25-,26+,29-/m0/s1. The fourth-order valence-electron chi connectivity index (χ4n) is 5.56. The summed E-state index contributed by atoms with van der Waals surface area (Å²) in [7, 11) is 1.78. The predicted molar refractivity (Wildman–Crippen MR) is 142 cm³/mol. The van der Waals surface area contributed by atoms with E-state index in [4.69, 9.17) is 0 Å². The zero-order valence-electron chi connectivity index (χ0n) is 22.1. The molecule has 1 heterocycles. The minimum atomic E-state index is -1.68. The molecule has 0 unspecified atom stereocenters. The first kappa shape index (κ1) is 26.3. The van der Waals surface area contributed by atoms with Crippen LogP contribution in [0.25, 0.3) is 0 Å². The van der Waals surface area contributed by atoms with Crippen molar-refractivity contribution in [2.75, 3.05) is 10.6 Å². The molecule has 4 atom stereocenters. The number of anilines is 2. The van der Waals surface area contributed by atoms with Gasteiger partial charge in [-0.2, -0.15) is 5.10 Å². The Hall–Kier alpha value is -3.78. The molecule has 1 saturated carbocycles.